The lowest BCUT2D eigenvalue weighted by molar-refractivity contribution is -0.116. The van der Waals surface area contributed by atoms with Crippen molar-refractivity contribution in [3.05, 3.63) is 53.2 Å². The van der Waals surface area contributed by atoms with Crippen molar-refractivity contribution in [2.24, 2.45) is 4.99 Å². The Labute approximate surface area is 188 Å². The number of nitrogens with one attached hydrogen (secondary N) is 3. The third-order valence-corrected chi connectivity index (χ3v) is 4.51. The van der Waals surface area contributed by atoms with Crippen molar-refractivity contribution in [3.63, 3.8) is 0 Å². The van der Waals surface area contributed by atoms with Crippen LogP contribution in [0.5, 0.6) is 5.75 Å². The van der Waals surface area contributed by atoms with Crippen LogP contribution < -0.4 is 20.7 Å². The van der Waals surface area contributed by atoms with E-state index in [1.807, 2.05) is 19.1 Å². The lowest BCUT2D eigenvalue weighted by Crippen LogP contribution is -2.39. The van der Waals surface area contributed by atoms with Crippen molar-refractivity contribution in [3.8, 4) is 5.75 Å². The smallest absolute Gasteiger partial charge is 0.227 e. The second kappa shape index (κ2) is 11.6. The summed E-state index contributed by atoms with van der Waals surface area (Å²) in [6.07, 6.45) is 3.95. The number of guanidine groups is 1. The van der Waals surface area contributed by atoms with Gasteiger partial charge in [0.1, 0.15) is 11.6 Å². The van der Waals surface area contributed by atoms with Gasteiger partial charge >= 0.3 is 0 Å². The third kappa shape index (κ3) is 7.19. The van der Waals surface area contributed by atoms with Crippen LogP contribution >= 0.6 is 24.0 Å². The summed E-state index contributed by atoms with van der Waals surface area (Å²) in [6.45, 7) is 3.99. The molecule has 2 heterocycles. The average Bonchev–Trinajstić information content (AvgIpc) is 3.16. The number of carbonyl (C=O) groups is 1. The van der Waals surface area contributed by atoms with Gasteiger partial charge in [0.05, 0.1) is 6.61 Å². The van der Waals surface area contributed by atoms with E-state index in [-0.39, 0.29) is 29.9 Å². The van der Waals surface area contributed by atoms with E-state index in [0.717, 1.165) is 37.3 Å². The maximum absolute atomic E-state index is 12.0. The van der Waals surface area contributed by atoms with Crippen molar-refractivity contribution in [1.29, 1.82) is 0 Å². The van der Waals surface area contributed by atoms with E-state index in [4.69, 9.17) is 4.74 Å². The number of aromatic nitrogens is 1. The zero-order valence-electron chi connectivity index (χ0n) is 16.8. The molecule has 3 N–H and O–H groups in total. The maximum atomic E-state index is 12.0. The molecule has 1 aromatic heterocycles. The molecule has 0 saturated carbocycles. The molecule has 1 aliphatic rings. The zero-order valence-corrected chi connectivity index (χ0v) is 19.2. The van der Waals surface area contributed by atoms with Gasteiger partial charge in [0.25, 0.3) is 0 Å². The largest absolute Gasteiger partial charge is 0.493 e. The number of carbonyl (C=O) groups excluding carboxylic acids is 1. The van der Waals surface area contributed by atoms with Gasteiger partial charge in [-0.15, -0.1) is 24.0 Å². The summed E-state index contributed by atoms with van der Waals surface area (Å²) >= 11 is 0. The van der Waals surface area contributed by atoms with Crippen LogP contribution in [0.1, 0.15) is 23.1 Å². The molecule has 7 nitrogen and oxygen atoms in total. The highest BCUT2D eigenvalue weighted by Gasteiger charge is 2.11. The van der Waals surface area contributed by atoms with Crippen LogP contribution in [0, 0.1) is 6.92 Å². The Kier molecular flexibility index (Phi) is 9.17. The second-order valence-corrected chi connectivity index (χ2v) is 6.74. The van der Waals surface area contributed by atoms with Gasteiger partial charge in [-0.05, 0) is 42.2 Å². The number of anilines is 1. The molecule has 1 aromatic carbocycles. The summed E-state index contributed by atoms with van der Waals surface area (Å²) < 4.78 is 5.54. The molecule has 0 spiro atoms. The fraction of sp³-hybridized carbons (Fsp3) is 0.381. The van der Waals surface area contributed by atoms with E-state index in [0.29, 0.717) is 24.7 Å². The molecule has 1 aliphatic heterocycles. The van der Waals surface area contributed by atoms with Crippen molar-refractivity contribution in [1.82, 2.24) is 15.6 Å². The van der Waals surface area contributed by atoms with Gasteiger partial charge in [-0.1, -0.05) is 18.2 Å². The Bertz CT molecular complexity index is 839. The molecule has 0 unspecified atom stereocenters. The second-order valence-electron chi connectivity index (χ2n) is 6.74. The van der Waals surface area contributed by atoms with Gasteiger partial charge < -0.3 is 20.7 Å². The minimum absolute atomic E-state index is 0. The van der Waals surface area contributed by atoms with Crippen molar-refractivity contribution in [2.75, 3.05) is 32.1 Å². The number of aliphatic imine (C=N–C) groups is 1. The standard InChI is InChI=1S/C21H27N5O2.HI/c1-15-3-6-19(25-14-15)26-20(27)8-11-24-21(22-2)23-10-7-16-4-5-18-17(13-16)9-12-28-18;/h3-6,13-14H,7-12H2,1-2H3,(H2,22,23,24)(H,25,26,27);1H. The average molecular weight is 509 g/mol. The Hall–Kier alpha value is -2.36. The van der Waals surface area contributed by atoms with Gasteiger partial charge in [-0.25, -0.2) is 4.98 Å². The highest BCUT2D eigenvalue weighted by atomic mass is 127. The highest BCUT2D eigenvalue weighted by molar-refractivity contribution is 14.0. The van der Waals surface area contributed by atoms with Gasteiger partial charge in [-0.3, -0.25) is 9.79 Å². The first kappa shape index (κ1) is 22.9. The Morgan fingerprint density at radius 2 is 2.03 bits per heavy atom. The number of amides is 1. The predicted octanol–water partition coefficient (Wildman–Crippen LogP) is 2.68. The summed E-state index contributed by atoms with van der Waals surface area (Å²) in [6, 6.07) is 10.1. The van der Waals surface area contributed by atoms with E-state index in [1.54, 1.807) is 19.3 Å². The van der Waals surface area contributed by atoms with Crippen LogP contribution in [-0.2, 0) is 17.6 Å². The molecule has 29 heavy (non-hydrogen) atoms. The fourth-order valence-electron chi connectivity index (χ4n) is 2.98. The lowest BCUT2D eigenvalue weighted by atomic mass is 10.1. The van der Waals surface area contributed by atoms with Crippen molar-refractivity contribution >= 4 is 41.7 Å². The molecule has 1 amide bonds. The first-order chi connectivity index (χ1) is 13.6. The number of hydrogen-bond donors (Lipinski definition) is 3. The minimum atomic E-state index is -0.0836. The first-order valence-electron chi connectivity index (χ1n) is 9.55. The number of benzene rings is 1. The van der Waals surface area contributed by atoms with Crippen LogP contribution in [-0.4, -0.2) is 43.6 Å². The summed E-state index contributed by atoms with van der Waals surface area (Å²) in [5.41, 5.74) is 3.62. The van der Waals surface area contributed by atoms with Crippen molar-refractivity contribution < 1.29 is 9.53 Å². The van der Waals surface area contributed by atoms with Gasteiger partial charge in [0.2, 0.25) is 5.91 Å². The molecule has 0 saturated heterocycles. The Morgan fingerprint density at radius 1 is 1.21 bits per heavy atom. The molecule has 2 aromatic rings. The van der Waals surface area contributed by atoms with E-state index in [1.165, 1.54) is 11.1 Å². The number of aryl methyl sites for hydroxylation is 1. The van der Waals surface area contributed by atoms with E-state index < -0.39 is 0 Å². The van der Waals surface area contributed by atoms with Gasteiger partial charge in [0, 0.05) is 39.2 Å². The summed E-state index contributed by atoms with van der Waals surface area (Å²) in [4.78, 5) is 20.4. The monoisotopic (exact) mass is 509 g/mol. The topological polar surface area (TPSA) is 87.6 Å². The highest BCUT2D eigenvalue weighted by Crippen LogP contribution is 2.25. The third-order valence-electron chi connectivity index (χ3n) is 4.51. The quantitative estimate of drug-likeness (QED) is 0.304. The zero-order chi connectivity index (χ0) is 19.8. The number of rotatable bonds is 7. The molecular formula is C21H28IN5O2. The normalized spacial score (nSPS) is 12.4. The SMILES string of the molecule is CN=C(NCCC(=O)Nc1ccc(C)cn1)NCCc1ccc2c(c1)CCO2.I. The molecule has 0 atom stereocenters. The van der Waals surface area contributed by atoms with Gasteiger partial charge in [0.15, 0.2) is 5.96 Å². The van der Waals surface area contributed by atoms with Crippen LogP contribution in [0.25, 0.3) is 0 Å². The van der Waals surface area contributed by atoms with E-state index in [9.17, 15) is 4.79 Å². The molecular weight excluding hydrogens is 481 g/mol. The van der Waals surface area contributed by atoms with E-state index >= 15 is 0 Å². The van der Waals surface area contributed by atoms with Gasteiger partial charge in [-0.2, -0.15) is 0 Å². The minimum Gasteiger partial charge on any atom is -0.493 e. The molecule has 8 heteroatoms. The Balaban J connectivity index is 0.00000300. The number of ether oxygens (including phenoxy) is 1. The number of nitrogens with zero attached hydrogens (tertiary/aromatic N) is 2. The summed E-state index contributed by atoms with van der Waals surface area (Å²) in [5.74, 6) is 2.18. The molecule has 3 rings (SSSR count). The Morgan fingerprint density at radius 3 is 2.79 bits per heavy atom. The maximum Gasteiger partial charge on any atom is 0.227 e. The first-order valence-corrected chi connectivity index (χ1v) is 9.55. The fourth-order valence-corrected chi connectivity index (χ4v) is 2.98. The van der Waals surface area contributed by atoms with Crippen LogP contribution in [0.3, 0.4) is 0 Å². The number of halogens is 1. The van der Waals surface area contributed by atoms with Crippen LogP contribution in [0.4, 0.5) is 5.82 Å². The van der Waals surface area contributed by atoms with Crippen LogP contribution in [0.2, 0.25) is 0 Å². The molecule has 0 fully saturated rings. The molecule has 156 valence electrons. The number of fused-ring (bicyclic) bond motifs is 1. The van der Waals surface area contributed by atoms with Crippen LogP contribution in [0.15, 0.2) is 41.5 Å². The number of hydrogen-bond acceptors (Lipinski definition) is 4. The molecule has 0 aliphatic carbocycles. The van der Waals surface area contributed by atoms with E-state index in [2.05, 4.69) is 38.1 Å². The predicted molar refractivity (Wildman–Crippen MR) is 126 cm³/mol. The molecule has 0 bridgehead atoms. The summed E-state index contributed by atoms with van der Waals surface area (Å²) in [7, 11) is 1.72. The van der Waals surface area contributed by atoms with Crippen molar-refractivity contribution in [2.45, 2.75) is 26.2 Å². The summed E-state index contributed by atoms with van der Waals surface area (Å²) in [5, 5.41) is 9.23. The lowest BCUT2D eigenvalue weighted by Gasteiger charge is -2.12. The molecule has 0 radical (unpaired) electrons. The number of pyridine rings is 1.